The summed E-state index contributed by atoms with van der Waals surface area (Å²) in [6, 6.07) is 5.74. The van der Waals surface area contributed by atoms with Gasteiger partial charge in [-0.05, 0) is 45.0 Å². The molecule has 0 aliphatic carbocycles. The van der Waals surface area contributed by atoms with Crippen LogP contribution in [-0.2, 0) is 6.42 Å². The first-order chi connectivity index (χ1) is 6.24. The molecule has 2 N–H and O–H groups in total. The molecule has 1 rings (SSSR count). The third-order valence-corrected chi connectivity index (χ3v) is 2.11. The topological polar surface area (TPSA) is 32.3 Å². The van der Waals surface area contributed by atoms with E-state index in [1.807, 2.05) is 26.1 Å². The number of hydrogen-bond donors (Lipinski definition) is 2. The fourth-order valence-electron chi connectivity index (χ4n) is 1.37. The Balaban J connectivity index is 0.00000169. The van der Waals surface area contributed by atoms with Crippen molar-refractivity contribution in [1.82, 2.24) is 5.32 Å². The number of benzene rings is 1. The van der Waals surface area contributed by atoms with Crippen LogP contribution in [0, 0.1) is 6.92 Å². The van der Waals surface area contributed by atoms with Crippen LogP contribution in [0.25, 0.3) is 0 Å². The summed E-state index contributed by atoms with van der Waals surface area (Å²) in [6.07, 6.45) is 2.00. The summed E-state index contributed by atoms with van der Waals surface area (Å²) < 4.78 is 0. The van der Waals surface area contributed by atoms with E-state index < -0.39 is 0 Å². The predicted octanol–water partition coefficient (Wildman–Crippen LogP) is 2.27. The summed E-state index contributed by atoms with van der Waals surface area (Å²) in [5.74, 6) is 0.418. The van der Waals surface area contributed by atoms with Crippen LogP contribution in [0.2, 0.25) is 0 Å². The molecule has 0 atom stereocenters. The molecule has 0 aromatic heterocycles. The molecule has 80 valence electrons. The van der Waals surface area contributed by atoms with Crippen LogP contribution < -0.4 is 5.32 Å². The number of rotatable bonds is 4. The molecule has 0 unspecified atom stereocenters. The van der Waals surface area contributed by atoms with Crippen molar-refractivity contribution >= 4 is 12.4 Å². The second kappa shape index (κ2) is 6.68. The van der Waals surface area contributed by atoms with Gasteiger partial charge in [-0.1, -0.05) is 17.7 Å². The zero-order valence-corrected chi connectivity index (χ0v) is 9.53. The third-order valence-electron chi connectivity index (χ3n) is 2.11. The molecular formula is C11H18ClNO. The number of phenols is 1. The SMILES string of the molecule is CNCCCc1cc(C)ccc1O.Cl. The minimum Gasteiger partial charge on any atom is -0.508 e. The number of hydrogen-bond acceptors (Lipinski definition) is 2. The summed E-state index contributed by atoms with van der Waals surface area (Å²) in [5.41, 5.74) is 2.26. The molecule has 0 aliphatic heterocycles. The molecule has 0 saturated carbocycles. The molecule has 3 heteroatoms. The molecule has 0 saturated heterocycles. The van der Waals surface area contributed by atoms with E-state index in [1.165, 1.54) is 5.56 Å². The van der Waals surface area contributed by atoms with Gasteiger partial charge in [-0.3, -0.25) is 0 Å². The van der Waals surface area contributed by atoms with Crippen LogP contribution in [0.15, 0.2) is 18.2 Å². The normalized spacial score (nSPS) is 9.57. The Morgan fingerprint density at radius 2 is 2.07 bits per heavy atom. The van der Waals surface area contributed by atoms with E-state index in [9.17, 15) is 5.11 Å². The van der Waals surface area contributed by atoms with Gasteiger partial charge in [-0.15, -0.1) is 12.4 Å². The smallest absolute Gasteiger partial charge is 0.118 e. The van der Waals surface area contributed by atoms with Crippen molar-refractivity contribution in [3.63, 3.8) is 0 Å². The van der Waals surface area contributed by atoms with Crippen molar-refractivity contribution in [2.45, 2.75) is 19.8 Å². The van der Waals surface area contributed by atoms with Gasteiger partial charge in [0.15, 0.2) is 0 Å². The Bertz CT molecular complexity index is 276. The van der Waals surface area contributed by atoms with Gasteiger partial charge in [0.05, 0.1) is 0 Å². The number of aryl methyl sites for hydroxylation is 2. The van der Waals surface area contributed by atoms with E-state index in [-0.39, 0.29) is 12.4 Å². The highest BCUT2D eigenvalue weighted by Crippen LogP contribution is 2.19. The first-order valence-electron chi connectivity index (χ1n) is 4.67. The molecule has 0 bridgehead atoms. The van der Waals surface area contributed by atoms with Crippen LogP contribution in [0.3, 0.4) is 0 Å². The summed E-state index contributed by atoms with van der Waals surface area (Å²) in [4.78, 5) is 0. The van der Waals surface area contributed by atoms with Crippen molar-refractivity contribution < 1.29 is 5.11 Å². The second-order valence-electron chi connectivity index (χ2n) is 3.34. The number of halogens is 1. The maximum absolute atomic E-state index is 9.51. The van der Waals surface area contributed by atoms with E-state index in [0.717, 1.165) is 24.9 Å². The Morgan fingerprint density at radius 3 is 2.71 bits per heavy atom. The van der Waals surface area contributed by atoms with E-state index in [2.05, 4.69) is 5.32 Å². The Kier molecular flexibility index (Phi) is 6.34. The molecule has 1 aromatic rings. The first-order valence-corrected chi connectivity index (χ1v) is 4.67. The number of nitrogens with one attached hydrogen (secondary N) is 1. The zero-order valence-electron chi connectivity index (χ0n) is 8.71. The van der Waals surface area contributed by atoms with Crippen LogP contribution in [0.5, 0.6) is 5.75 Å². The zero-order chi connectivity index (χ0) is 9.68. The number of aromatic hydroxyl groups is 1. The maximum Gasteiger partial charge on any atom is 0.118 e. The van der Waals surface area contributed by atoms with Crippen molar-refractivity contribution in [2.75, 3.05) is 13.6 Å². The molecule has 0 fully saturated rings. The van der Waals surface area contributed by atoms with Crippen molar-refractivity contribution in [3.8, 4) is 5.75 Å². The molecule has 0 aliphatic rings. The largest absolute Gasteiger partial charge is 0.508 e. The lowest BCUT2D eigenvalue weighted by atomic mass is 10.1. The van der Waals surface area contributed by atoms with Gasteiger partial charge in [-0.25, -0.2) is 0 Å². The van der Waals surface area contributed by atoms with Gasteiger partial charge in [0.25, 0.3) is 0 Å². The van der Waals surface area contributed by atoms with E-state index in [0.29, 0.717) is 5.75 Å². The van der Waals surface area contributed by atoms with Crippen LogP contribution in [-0.4, -0.2) is 18.7 Å². The molecule has 0 heterocycles. The average molecular weight is 216 g/mol. The quantitative estimate of drug-likeness (QED) is 0.756. The van der Waals surface area contributed by atoms with Gasteiger partial charge >= 0.3 is 0 Å². The van der Waals surface area contributed by atoms with Gasteiger partial charge < -0.3 is 10.4 Å². The van der Waals surface area contributed by atoms with Crippen molar-refractivity contribution in [3.05, 3.63) is 29.3 Å². The van der Waals surface area contributed by atoms with Crippen molar-refractivity contribution in [2.24, 2.45) is 0 Å². The third kappa shape index (κ3) is 3.99. The fourth-order valence-corrected chi connectivity index (χ4v) is 1.37. The van der Waals surface area contributed by atoms with Crippen LogP contribution in [0.4, 0.5) is 0 Å². The molecule has 0 spiro atoms. The standard InChI is InChI=1S/C11H17NO.ClH/c1-9-5-6-11(13)10(8-9)4-3-7-12-2;/h5-6,8,12-13H,3-4,7H2,1-2H3;1H. The maximum atomic E-state index is 9.51. The Hall–Kier alpha value is -0.730. The number of phenolic OH excluding ortho intramolecular Hbond substituents is 1. The average Bonchev–Trinajstić information content (AvgIpc) is 2.11. The van der Waals surface area contributed by atoms with Gasteiger partial charge in [0.2, 0.25) is 0 Å². The minimum atomic E-state index is 0. The van der Waals surface area contributed by atoms with Crippen LogP contribution in [0.1, 0.15) is 17.5 Å². The van der Waals surface area contributed by atoms with Gasteiger partial charge in [-0.2, -0.15) is 0 Å². The van der Waals surface area contributed by atoms with E-state index in [4.69, 9.17) is 0 Å². The van der Waals surface area contributed by atoms with E-state index >= 15 is 0 Å². The first kappa shape index (κ1) is 13.3. The molecule has 1 aromatic carbocycles. The second-order valence-corrected chi connectivity index (χ2v) is 3.34. The van der Waals surface area contributed by atoms with Gasteiger partial charge in [0.1, 0.15) is 5.75 Å². The Morgan fingerprint density at radius 1 is 1.36 bits per heavy atom. The molecule has 14 heavy (non-hydrogen) atoms. The van der Waals surface area contributed by atoms with Crippen molar-refractivity contribution in [1.29, 1.82) is 0 Å². The molecule has 0 amide bonds. The van der Waals surface area contributed by atoms with Gasteiger partial charge in [0, 0.05) is 0 Å². The highest BCUT2D eigenvalue weighted by Gasteiger charge is 1.99. The lowest BCUT2D eigenvalue weighted by Crippen LogP contribution is -2.08. The summed E-state index contributed by atoms with van der Waals surface area (Å²) in [6.45, 7) is 3.04. The molecular weight excluding hydrogens is 198 g/mol. The molecule has 2 nitrogen and oxygen atoms in total. The molecule has 0 radical (unpaired) electrons. The highest BCUT2D eigenvalue weighted by atomic mass is 35.5. The summed E-state index contributed by atoms with van der Waals surface area (Å²) in [5, 5.41) is 12.6. The fraction of sp³-hybridized carbons (Fsp3) is 0.455. The highest BCUT2D eigenvalue weighted by molar-refractivity contribution is 5.85. The summed E-state index contributed by atoms with van der Waals surface area (Å²) >= 11 is 0. The minimum absolute atomic E-state index is 0. The van der Waals surface area contributed by atoms with E-state index in [1.54, 1.807) is 6.07 Å². The Labute approximate surface area is 91.8 Å². The lowest BCUT2D eigenvalue weighted by Gasteiger charge is -2.05. The van der Waals surface area contributed by atoms with Crippen LogP contribution >= 0.6 is 12.4 Å². The monoisotopic (exact) mass is 215 g/mol. The summed E-state index contributed by atoms with van der Waals surface area (Å²) in [7, 11) is 1.94. The lowest BCUT2D eigenvalue weighted by molar-refractivity contribution is 0.466. The predicted molar refractivity (Wildman–Crippen MR) is 62.3 cm³/mol.